The molecule has 3 heterocycles. The SMILES string of the molecule is c1cncc(C2CC3CCC(C2)N3)c1. The van der Waals surface area contributed by atoms with Crippen LogP contribution < -0.4 is 5.32 Å². The van der Waals surface area contributed by atoms with Gasteiger partial charge in [0.25, 0.3) is 0 Å². The molecule has 2 fully saturated rings. The number of piperidine rings is 1. The van der Waals surface area contributed by atoms with Crippen molar-refractivity contribution in [2.24, 2.45) is 0 Å². The predicted octanol–water partition coefficient (Wildman–Crippen LogP) is 2.08. The van der Waals surface area contributed by atoms with Crippen LogP contribution in [0.2, 0.25) is 0 Å². The summed E-state index contributed by atoms with van der Waals surface area (Å²) >= 11 is 0. The molecule has 0 radical (unpaired) electrons. The van der Waals surface area contributed by atoms with Gasteiger partial charge in [0.2, 0.25) is 0 Å². The molecular weight excluding hydrogens is 172 g/mol. The molecule has 0 aliphatic carbocycles. The van der Waals surface area contributed by atoms with E-state index in [2.05, 4.69) is 22.4 Å². The van der Waals surface area contributed by atoms with Crippen molar-refractivity contribution in [2.75, 3.05) is 0 Å². The van der Waals surface area contributed by atoms with Crippen LogP contribution in [-0.4, -0.2) is 17.1 Å². The molecule has 0 aromatic carbocycles. The van der Waals surface area contributed by atoms with Crippen molar-refractivity contribution >= 4 is 0 Å². The van der Waals surface area contributed by atoms with E-state index in [1.54, 1.807) is 0 Å². The quantitative estimate of drug-likeness (QED) is 0.730. The third-order valence-electron chi connectivity index (χ3n) is 3.63. The number of rotatable bonds is 1. The second-order valence-electron chi connectivity index (χ2n) is 4.59. The largest absolute Gasteiger partial charge is 0.311 e. The van der Waals surface area contributed by atoms with Crippen molar-refractivity contribution in [1.82, 2.24) is 10.3 Å². The van der Waals surface area contributed by atoms with Gasteiger partial charge in [0.05, 0.1) is 0 Å². The van der Waals surface area contributed by atoms with Crippen LogP contribution in [0.4, 0.5) is 0 Å². The molecule has 74 valence electrons. The van der Waals surface area contributed by atoms with Crippen molar-refractivity contribution in [3.8, 4) is 0 Å². The van der Waals surface area contributed by atoms with E-state index in [0.29, 0.717) is 0 Å². The summed E-state index contributed by atoms with van der Waals surface area (Å²) in [6.07, 6.45) is 9.27. The first-order valence-electron chi connectivity index (χ1n) is 5.58. The van der Waals surface area contributed by atoms with Gasteiger partial charge in [-0.3, -0.25) is 4.98 Å². The predicted molar refractivity (Wildman–Crippen MR) is 56.2 cm³/mol. The molecule has 2 atom stereocenters. The first-order valence-corrected chi connectivity index (χ1v) is 5.58. The second kappa shape index (κ2) is 3.35. The fourth-order valence-corrected chi connectivity index (χ4v) is 2.95. The lowest BCUT2D eigenvalue weighted by atomic mass is 9.87. The third kappa shape index (κ3) is 1.44. The zero-order valence-corrected chi connectivity index (χ0v) is 8.32. The molecule has 2 heteroatoms. The minimum Gasteiger partial charge on any atom is -0.311 e. The van der Waals surface area contributed by atoms with Crippen molar-refractivity contribution in [1.29, 1.82) is 0 Å². The third-order valence-corrected chi connectivity index (χ3v) is 3.63. The van der Waals surface area contributed by atoms with Crippen molar-refractivity contribution in [3.05, 3.63) is 30.1 Å². The van der Waals surface area contributed by atoms with Crippen LogP contribution in [0.1, 0.15) is 37.2 Å². The molecule has 0 spiro atoms. The van der Waals surface area contributed by atoms with Crippen LogP contribution in [0.15, 0.2) is 24.5 Å². The Bertz CT molecular complexity index is 297. The summed E-state index contributed by atoms with van der Waals surface area (Å²) in [6.45, 7) is 0. The van der Waals surface area contributed by atoms with Gasteiger partial charge in [-0.05, 0) is 43.2 Å². The summed E-state index contributed by atoms with van der Waals surface area (Å²) in [5.74, 6) is 0.752. The van der Waals surface area contributed by atoms with Gasteiger partial charge in [-0.15, -0.1) is 0 Å². The van der Waals surface area contributed by atoms with Gasteiger partial charge in [-0.1, -0.05) is 6.07 Å². The highest BCUT2D eigenvalue weighted by atomic mass is 15.0. The lowest BCUT2D eigenvalue weighted by Gasteiger charge is -2.29. The summed E-state index contributed by atoms with van der Waals surface area (Å²) in [7, 11) is 0. The maximum Gasteiger partial charge on any atom is 0.0302 e. The highest BCUT2D eigenvalue weighted by Crippen LogP contribution is 2.36. The summed E-state index contributed by atoms with van der Waals surface area (Å²) in [6, 6.07) is 5.83. The van der Waals surface area contributed by atoms with E-state index in [4.69, 9.17) is 0 Å². The summed E-state index contributed by atoms with van der Waals surface area (Å²) in [4.78, 5) is 4.21. The molecule has 2 aliphatic heterocycles. The van der Waals surface area contributed by atoms with Gasteiger partial charge in [-0.2, -0.15) is 0 Å². The lowest BCUT2D eigenvalue weighted by molar-refractivity contribution is 0.363. The highest BCUT2D eigenvalue weighted by Gasteiger charge is 2.33. The van der Waals surface area contributed by atoms with Crippen LogP contribution in [0.3, 0.4) is 0 Å². The molecule has 1 N–H and O–H groups in total. The first kappa shape index (κ1) is 8.42. The topological polar surface area (TPSA) is 24.9 Å². The van der Waals surface area contributed by atoms with Crippen LogP contribution in [0.5, 0.6) is 0 Å². The molecule has 2 nitrogen and oxygen atoms in total. The Hall–Kier alpha value is -0.890. The Labute approximate surface area is 84.7 Å². The molecule has 3 rings (SSSR count). The van der Waals surface area contributed by atoms with Gasteiger partial charge in [0.1, 0.15) is 0 Å². The number of fused-ring (bicyclic) bond motifs is 2. The van der Waals surface area contributed by atoms with E-state index in [-0.39, 0.29) is 0 Å². The summed E-state index contributed by atoms with van der Waals surface area (Å²) in [5.41, 5.74) is 1.44. The number of aromatic nitrogens is 1. The average Bonchev–Trinajstić information content (AvgIpc) is 2.59. The van der Waals surface area contributed by atoms with Crippen LogP contribution in [0.25, 0.3) is 0 Å². The summed E-state index contributed by atoms with van der Waals surface area (Å²) < 4.78 is 0. The Kier molecular flexibility index (Phi) is 2.02. The van der Waals surface area contributed by atoms with Gasteiger partial charge in [0.15, 0.2) is 0 Å². The van der Waals surface area contributed by atoms with Crippen molar-refractivity contribution < 1.29 is 0 Å². The van der Waals surface area contributed by atoms with E-state index in [9.17, 15) is 0 Å². The number of hydrogen-bond acceptors (Lipinski definition) is 2. The Balaban J connectivity index is 1.81. The number of nitrogens with one attached hydrogen (secondary N) is 1. The molecule has 0 amide bonds. The first-order chi connectivity index (χ1) is 6.92. The van der Waals surface area contributed by atoms with Crippen LogP contribution >= 0.6 is 0 Å². The monoisotopic (exact) mass is 188 g/mol. The molecule has 1 aromatic heterocycles. The number of pyridine rings is 1. The molecule has 2 saturated heterocycles. The minimum atomic E-state index is 0.752. The normalized spacial score (nSPS) is 35.9. The fourth-order valence-electron chi connectivity index (χ4n) is 2.95. The molecule has 2 bridgehead atoms. The van der Waals surface area contributed by atoms with Crippen molar-refractivity contribution in [3.63, 3.8) is 0 Å². The smallest absolute Gasteiger partial charge is 0.0302 e. The maximum atomic E-state index is 4.21. The summed E-state index contributed by atoms with van der Waals surface area (Å²) in [5, 5.41) is 3.67. The van der Waals surface area contributed by atoms with Gasteiger partial charge >= 0.3 is 0 Å². The molecule has 2 unspecified atom stereocenters. The highest BCUT2D eigenvalue weighted by molar-refractivity contribution is 5.17. The van der Waals surface area contributed by atoms with Crippen LogP contribution in [-0.2, 0) is 0 Å². The average molecular weight is 188 g/mol. The van der Waals surface area contributed by atoms with E-state index in [0.717, 1.165) is 18.0 Å². The molecule has 2 aliphatic rings. The van der Waals surface area contributed by atoms with E-state index in [1.807, 2.05) is 12.4 Å². The maximum absolute atomic E-state index is 4.21. The zero-order valence-electron chi connectivity index (χ0n) is 8.32. The lowest BCUT2D eigenvalue weighted by Crippen LogP contribution is -2.37. The molecular formula is C12H16N2. The number of nitrogens with zero attached hydrogens (tertiary/aromatic N) is 1. The fraction of sp³-hybridized carbons (Fsp3) is 0.583. The van der Waals surface area contributed by atoms with Gasteiger partial charge in [0, 0.05) is 24.5 Å². The van der Waals surface area contributed by atoms with E-state index < -0.39 is 0 Å². The van der Waals surface area contributed by atoms with E-state index >= 15 is 0 Å². The second-order valence-corrected chi connectivity index (χ2v) is 4.59. The Morgan fingerprint density at radius 3 is 2.64 bits per heavy atom. The van der Waals surface area contributed by atoms with Gasteiger partial charge in [-0.25, -0.2) is 0 Å². The van der Waals surface area contributed by atoms with Gasteiger partial charge < -0.3 is 5.32 Å². The van der Waals surface area contributed by atoms with E-state index in [1.165, 1.54) is 31.2 Å². The Morgan fingerprint density at radius 2 is 2.00 bits per heavy atom. The number of hydrogen-bond donors (Lipinski definition) is 1. The Morgan fingerprint density at radius 1 is 1.21 bits per heavy atom. The molecule has 0 saturated carbocycles. The standard InChI is InChI=1S/C12H16N2/c1-2-9(8-13-5-1)10-6-11-3-4-12(7-10)14-11/h1-2,5,8,10-12,14H,3-4,6-7H2. The zero-order chi connectivity index (χ0) is 9.38. The van der Waals surface area contributed by atoms with Crippen molar-refractivity contribution in [2.45, 2.75) is 43.7 Å². The molecule has 1 aromatic rings. The molecule has 14 heavy (non-hydrogen) atoms. The minimum absolute atomic E-state index is 0.752. The van der Waals surface area contributed by atoms with Crippen LogP contribution in [0, 0.1) is 0 Å².